The fourth-order valence-corrected chi connectivity index (χ4v) is 4.82. The van der Waals surface area contributed by atoms with E-state index < -0.39 is 35.0 Å². The highest BCUT2D eigenvalue weighted by atomic mass is 32.2. The summed E-state index contributed by atoms with van der Waals surface area (Å²) in [4.78, 5) is 21.4. The van der Waals surface area contributed by atoms with Gasteiger partial charge in [-0.15, -0.1) is 0 Å². The number of pyridine rings is 1. The van der Waals surface area contributed by atoms with Gasteiger partial charge in [-0.25, -0.2) is 23.1 Å². The zero-order chi connectivity index (χ0) is 23.0. The first-order valence-electron chi connectivity index (χ1n) is 10.00. The Balaban J connectivity index is 1.77. The number of rotatable bonds is 5. The number of alkyl halides is 2. The van der Waals surface area contributed by atoms with E-state index in [-0.39, 0.29) is 11.1 Å². The van der Waals surface area contributed by atoms with Crippen molar-refractivity contribution in [2.24, 2.45) is 7.05 Å². The Labute approximate surface area is 185 Å². The third kappa shape index (κ3) is 4.12. The average Bonchev–Trinajstić information content (AvgIpc) is 2.77. The van der Waals surface area contributed by atoms with Crippen molar-refractivity contribution in [3.8, 4) is 0 Å². The number of halogens is 3. The molecule has 1 aliphatic heterocycles. The van der Waals surface area contributed by atoms with Crippen LogP contribution in [0.1, 0.15) is 42.5 Å². The minimum atomic E-state index is -2.92. The van der Waals surface area contributed by atoms with E-state index in [9.17, 15) is 22.5 Å². The Hall–Kier alpha value is -2.85. The molecule has 0 saturated heterocycles. The number of hydrogen-bond donors (Lipinski definition) is 1. The molecule has 168 valence electrons. The van der Waals surface area contributed by atoms with Crippen LogP contribution in [0.25, 0.3) is 16.6 Å². The van der Waals surface area contributed by atoms with Crippen LogP contribution in [0.5, 0.6) is 0 Å². The van der Waals surface area contributed by atoms with Crippen LogP contribution in [-0.2, 0) is 18.2 Å². The van der Waals surface area contributed by atoms with Gasteiger partial charge in [0.15, 0.2) is 0 Å². The van der Waals surface area contributed by atoms with Gasteiger partial charge < -0.3 is 9.87 Å². The molecule has 2 aromatic heterocycles. The number of benzene rings is 1. The van der Waals surface area contributed by atoms with Gasteiger partial charge in [-0.05, 0) is 35.8 Å². The van der Waals surface area contributed by atoms with E-state index >= 15 is 0 Å². The second kappa shape index (κ2) is 8.95. The molecule has 0 fully saturated rings. The minimum absolute atomic E-state index is 0.0806. The quantitative estimate of drug-likeness (QED) is 0.577. The van der Waals surface area contributed by atoms with E-state index in [4.69, 9.17) is 0 Å². The van der Waals surface area contributed by atoms with Crippen molar-refractivity contribution in [1.29, 1.82) is 0 Å². The van der Waals surface area contributed by atoms with Crippen LogP contribution >= 0.6 is 0 Å². The summed E-state index contributed by atoms with van der Waals surface area (Å²) in [6, 6.07) is 4.89. The largest absolute Gasteiger partial charge is 0.616 e. The van der Waals surface area contributed by atoms with Crippen molar-refractivity contribution >= 4 is 33.6 Å². The number of hydrogen-bond acceptors (Lipinski definition) is 5. The Morgan fingerprint density at radius 3 is 2.69 bits per heavy atom. The van der Waals surface area contributed by atoms with Gasteiger partial charge in [0.05, 0.1) is 17.0 Å². The molecule has 3 aromatic rings. The molecule has 0 radical (unpaired) electrons. The molecule has 1 N–H and O–H groups in total. The predicted molar refractivity (Wildman–Crippen MR) is 119 cm³/mol. The molecule has 2 atom stereocenters. The first-order chi connectivity index (χ1) is 15.3. The Bertz CT molecular complexity index is 1260. The lowest BCUT2D eigenvalue weighted by atomic mass is 10.0. The summed E-state index contributed by atoms with van der Waals surface area (Å²) in [7, 11) is 1.60. The maximum Gasteiger partial charge on any atom is 0.266 e. The Morgan fingerprint density at radius 2 is 2.00 bits per heavy atom. The third-order valence-electron chi connectivity index (χ3n) is 5.58. The molecule has 0 spiro atoms. The number of nitrogens with zero attached hydrogens (tertiary/aromatic N) is 3. The van der Waals surface area contributed by atoms with Crippen LogP contribution in [0.15, 0.2) is 41.5 Å². The lowest BCUT2D eigenvalue weighted by Gasteiger charge is -2.20. The number of aryl methyl sites for hydroxylation is 1. The second-order valence-electron chi connectivity index (χ2n) is 7.59. The Morgan fingerprint density at radius 1 is 1.25 bits per heavy atom. The van der Waals surface area contributed by atoms with Crippen LogP contribution in [-0.4, -0.2) is 30.6 Å². The van der Waals surface area contributed by atoms with Gasteiger partial charge in [-0.2, -0.15) is 0 Å². The number of anilines is 1. The predicted octanol–water partition coefficient (Wildman–Crippen LogP) is 4.11. The summed E-state index contributed by atoms with van der Waals surface area (Å²) in [6.45, 7) is 1.64. The van der Waals surface area contributed by atoms with Gasteiger partial charge in [0.25, 0.3) is 12.0 Å². The smallest absolute Gasteiger partial charge is 0.266 e. The van der Waals surface area contributed by atoms with Crippen LogP contribution in [0.3, 0.4) is 0 Å². The molecule has 1 aliphatic rings. The Kier molecular flexibility index (Phi) is 6.25. The first kappa shape index (κ1) is 22.3. The SMILES string of the molecule is C[C@@H](Nc1ncnc2c1cc(C1=CC[S+]([O-])CC1)c(=O)n2C)c1cccc(C(F)F)c1F. The summed E-state index contributed by atoms with van der Waals surface area (Å²) >= 11 is -0.926. The monoisotopic (exact) mass is 462 g/mol. The number of allylic oxidation sites excluding steroid dienone is 1. The summed E-state index contributed by atoms with van der Waals surface area (Å²) in [6.07, 6.45) is 0.696. The molecular formula is C22H21F3N4O2S. The van der Waals surface area contributed by atoms with E-state index in [1.807, 2.05) is 6.08 Å². The van der Waals surface area contributed by atoms with Gasteiger partial charge in [0, 0.05) is 24.6 Å². The van der Waals surface area contributed by atoms with Crippen LogP contribution in [0.2, 0.25) is 0 Å². The van der Waals surface area contributed by atoms with Gasteiger partial charge >= 0.3 is 0 Å². The summed E-state index contributed by atoms with van der Waals surface area (Å²) in [5, 5.41) is 3.61. The maximum atomic E-state index is 14.6. The zero-order valence-corrected chi connectivity index (χ0v) is 18.3. The molecule has 1 aromatic carbocycles. The van der Waals surface area contributed by atoms with Crippen LogP contribution in [0, 0.1) is 5.82 Å². The topological polar surface area (TPSA) is 82.9 Å². The average molecular weight is 462 g/mol. The normalized spacial score (nSPS) is 17.5. The summed E-state index contributed by atoms with van der Waals surface area (Å²) in [5.41, 5.74) is 0.848. The standard InChI is InChI=1S/C22H21F3N4O2S/c1-12(14-4-3-5-15(18(14)23)19(24)25)28-20-17-10-16(13-6-8-32(31)9-7-13)22(30)29(2)21(17)27-11-26-20/h3-6,10-12,19H,7-9H2,1-2H3,(H,26,27,28)/t12-,32?/m1/s1. The summed E-state index contributed by atoms with van der Waals surface area (Å²) in [5.74, 6) is 0.264. The lowest BCUT2D eigenvalue weighted by Crippen LogP contribution is -2.24. The molecule has 0 saturated carbocycles. The van der Waals surface area contributed by atoms with Crippen LogP contribution < -0.4 is 10.9 Å². The van der Waals surface area contributed by atoms with Crippen molar-refractivity contribution in [2.75, 3.05) is 16.8 Å². The molecule has 1 unspecified atom stereocenters. The molecular weight excluding hydrogens is 441 g/mol. The van der Waals surface area contributed by atoms with Crippen molar-refractivity contribution in [2.45, 2.75) is 25.8 Å². The maximum absolute atomic E-state index is 14.6. The molecule has 32 heavy (non-hydrogen) atoms. The van der Waals surface area contributed by atoms with E-state index in [1.54, 1.807) is 20.0 Å². The molecule has 10 heteroatoms. The molecule has 0 aliphatic carbocycles. The van der Waals surface area contributed by atoms with Crippen LogP contribution in [0.4, 0.5) is 19.0 Å². The van der Waals surface area contributed by atoms with Gasteiger partial charge in [-0.3, -0.25) is 9.36 Å². The van der Waals surface area contributed by atoms with Crippen molar-refractivity contribution in [3.63, 3.8) is 0 Å². The molecule has 4 rings (SSSR count). The van der Waals surface area contributed by atoms with E-state index in [0.29, 0.717) is 40.3 Å². The lowest BCUT2D eigenvalue weighted by molar-refractivity contribution is 0.146. The van der Waals surface area contributed by atoms with Gasteiger partial charge in [0.1, 0.15) is 35.1 Å². The fourth-order valence-electron chi connectivity index (χ4n) is 3.82. The number of nitrogens with one attached hydrogen (secondary N) is 1. The van der Waals surface area contributed by atoms with E-state index in [1.165, 1.54) is 23.0 Å². The van der Waals surface area contributed by atoms with Crippen molar-refractivity contribution in [3.05, 3.63) is 69.5 Å². The molecule has 3 heterocycles. The van der Waals surface area contributed by atoms with Crippen molar-refractivity contribution < 1.29 is 17.7 Å². The van der Waals surface area contributed by atoms with Gasteiger partial charge in [0.2, 0.25) is 0 Å². The first-order valence-corrected chi connectivity index (χ1v) is 11.5. The minimum Gasteiger partial charge on any atom is -0.616 e. The molecule has 0 bridgehead atoms. The molecule has 6 nitrogen and oxygen atoms in total. The van der Waals surface area contributed by atoms with E-state index in [2.05, 4.69) is 15.3 Å². The second-order valence-corrected chi connectivity index (χ2v) is 9.21. The fraction of sp³-hybridized carbons (Fsp3) is 0.318. The highest BCUT2D eigenvalue weighted by Crippen LogP contribution is 2.31. The number of fused-ring (bicyclic) bond motifs is 1. The van der Waals surface area contributed by atoms with Gasteiger partial charge in [-0.1, -0.05) is 18.2 Å². The molecule has 0 amide bonds. The number of aromatic nitrogens is 3. The third-order valence-corrected chi connectivity index (χ3v) is 6.78. The van der Waals surface area contributed by atoms with Crippen molar-refractivity contribution in [1.82, 2.24) is 14.5 Å². The highest BCUT2D eigenvalue weighted by Gasteiger charge is 2.22. The summed E-state index contributed by atoms with van der Waals surface area (Å²) < 4.78 is 53.9. The zero-order valence-electron chi connectivity index (χ0n) is 17.4. The van der Waals surface area contributed by atoms with E-state index in [0.717, 1.165) is 11.6 Å². The highest BCUT2D eigenvalue weighted by molar-refractivity contribution is 7.91.